The van der Waals surface area contributed by atoms with Crippen LogP contribution in [0.25, 0.3) is 0 Å². The molecule has 0 spiro atoms. The molecule has 110 valence electrons. The Morgan fingerprint density at radius 1 is 1.45 bits per heavy atom. The Balaban J connectivity index is 1.72. The summed E-state index contributed by atoms with van der Waals surface area (Å²) in [6, 6.07) is 3.49. The number of aliphatic hydroxyl groups excluding tert-OH is 1. The highest BCUT2D eigenvalue weighted by Crippen LogP contribution is 2.27. The first kappa shape index (κ1) is 15.2. The third-order valence-electron chi connectivity index (χ3n) is 3.97. The summed E-state index contributed by atoms with van der Waals surface area (Å²) in [4.78, 5) is 14.8. The number of amides is 1. The Hall–Kier alpha value is -1.20. The zero-order chi connectivity index (χ0) is 14.4. The summed E-state index contributed by atoms with van der Waals surface area (Å²) in [6.45, 7) is 0.631. The Morgan fingerprint density at radius 3 is 3.00 bits per heavy atom. The van der Waals surface area contributed by atoms with E-state index in [1.54, 1.807) is 18.3 Å². The van der Waals surface area contributed by atoms with E-state index in [0.717, 1.165) is 32.1 Å². The van der Waals surface area contributed by atoms with Crippen LogP contribution in [0.4, 0.5) is 0 Å². The first-order valence-corrected chi connectivity index (χ1v) is 7.73. The van der Waals surface area contributed by atoms with Gasteiger partial charge in [0.1, 0.15) is 4.64 Å². The second kappa shape index (κ2) is 7.55. The molecule has 1 aliphatic carbocycles. The summed E-state index contributed by atoms with van der Waals surface area (Å²) in [6.07, 6.45) is 7.83. The SMILES string of the molecule is O=C(NCCC[C@@H]1CCCC[C@@H]1O)c1ccc[nH]c1=S. The number of carbonyl (C=O) groups excluding carboxylic acids is 1. The minimum Gasteiger partial charge on any atom is -0.393 e. The molecule has 20 heavy (non-hydrogen) atoms. The maximum Gasteiger partial charge on any atom is 0.254 e. The lowest BCUT2D eigenvalue weighted by Gasteiger charge is -2.27. The van der Waals surface area contributed by atoms with Gasteiger partial charge in [-0.15, -0.1) is 0 Å². The second-order valence-corrected chi connectivity index (χ2v) is 5.83. The zero-order valence-electron chi connectivity index (χ0n) is 11.6. The van der Waals surface area contributed by atoms with E-state index in [0.29, 0.717) is 22.7 Å². The fourth-order valence-corrected chi connectivity index (χ4v) is 3.02. The molecule has 1 saturated carbocycles. The second-order valence-electron chi connectivity index (χ2n) is 5.42. The maximum absolute atomic E-state index is 11.9. The molecule has 0 saturated heterocycles. The van der Waals surface area contributed by atoms with Gasteiger partial charge in [-0.25, -0.2) is 0 Å². The van der Waals surface area contributed by atoms with Crippen molar-refractivity contribution in [2.24, 2.45) is 5.92 Å². The molecule has 0 aromatic carbocycles. The van der Waals surface area contributed by atoms with Crippen LogP contribution < -0.4 is 5.32 Å². The summed E-state index contributed by atoms with van der Waals surface area (Å²) >= 11 is 5.08. The summed E-state index contributed by atoms with van der Waals surface area (Å²) in [7, 11) is 0. The van der Waals surface area contributed by atoms with Crippen molar-refractivity contribution in [2.75, 3.05) is 6.54 Å². The monoisotopic (exact) mass is 294 g/mol. The highest BCUT2D eigenvalue weighted by atomic mass is 32.1. The molecule has 0 aliphatic heterocycles. The molecule has 2 rings (SSSR count). The van der Waals surface area contributed by atoms with E-state index in [-0.39, 0.29) is 12.0 Å². The molecule has 0 unspecified atom stereocenters. The fraction of sp³-hybridized carbons (Fsp3) is 0.600. The van der Waals surface area contributed by atoms with E-state index >= 15 is 0 Å². The van der Waals surface area contributed by atoms with Crippen LogP contribution in [0.15, 0.2) is 18.3 Å². The molecule has 1 aromatic heterocycles. The number of aliphatic hydroxyl groups is 1. The van der Waals surface area contributed by atoms with Gasteiger partial charge in [0.2, 0.25) is 0 Å². The van der Waals surface area contributed by atoms with E-state index < -0.39 is 0 Å². The molecule has 5 heteroatoms. The quantitative estimate of drug-likeness (QED) is 0.578. The lowest BCUT2D eigenvalue weighted by Crippen LogP contribution is -2.28. The van der Waals surface area contributed by atoms with E-state index in [2.05, 4.69) is 10.3 Å². The van der Waals surface area contributed by atoms with Gasteiger partial charge >= 0.3 is 0 Å². The summed E-state index contributed by atoms with van der Waals surface area (Å²) in [5.41, 5.74) is 0.514. The van der Waals surface area contributed by atoms with Crippen molar-refractivity contribution in [3.05, 3.63) is 28.5 Å². The molecule has 0 bridgehead atoms. The van der Waals surface area contributed by atoms with Crippen molar-refractivity contribution in [1.29, 1.82) is 0 Å². The number of carbonyl (C=O) groups is 1. The maximum atomic E-state index is 11.9. The summed E-state index contributed by atoms with van der Waals surface area (Å²) in [5.74, 6) is 0.274. The normalized spacial score (nSPS) is 22.4. The van der Waals surface area contributed by atoms with Gasteiger partial charge in [-0.1, -0.05) is 25.1 Å². The lowest BCUT2D eigenvalue weighted by atomic mass is 9.83. The van der Waals surface area contributed by atoms with Crippen LogP contribution in [0.1, 0.15) is 48.9 Å². The number of hydrogen-bond acceptors (Lipinski definition) is 3. The van der Waals surface area contributed by atoms with Crippen LogP contribution in [0.5, 0.6) is 0 Å². The van der Waals surface area contributed by atoms with Gasteiger partial charge in [-0.3, -0.25) is 4.79 Å². The number of aromatic amines is 1. The average Bonchev–Trinajstić information content (AvgIpc) is 2.45. The number of rotatable bonds is 5. The number of pyridine rings is 1. The van der Waals surface area contributed by atoms with Crippen LogP contribution in [-0.2, 0) is 0 Å². The van der Waals surface area contributed by atoms with Crippen molar-refractivity contribution in [1.82, 2.24) is 10.3 Å². The fourth-order valence-electron chi connectivity index (χ4n) is 2.79. The van der Waals surface area contributed by atoms with Gasteiger partial charge in [-0.05, 0) is 43.7 Å². The van der Waals surface area contributed by atoms with Gasteiger partial charge in [0.15, 0.2) is 0 Å². The number of nitrogens with one attached hydrogen (secondary N) is 2. The topological polar surface area (TPSA) is 65.1 Å². The Labute approximate surface area is 124 Å². The van der Waals surface area contributed by atoms with Gasteiger partial charge in [-0.2, -0.15) is 0 Å². The molecular formula is C15H22N2O2S. The van der Waals surface area contributed by atoms with Gasteiger partial charge in [0.05, 0.1) is 11.7 Å². The molecule has 3 N–H and O–H groups in total. The third kappa shape index (κ3) is 4.15. The Kier molecular flexibility index (Phi) is 5.73. The van der Waals surface area contributed by atoms with Gasteiger partial charge in [0.25, 0.3) is 5.91 Å². The smallest absolute Gasteiger partial charge is 0.254 e. The van der Waals surface area contributed by atoms with Crippen LogP contribution in [0.2, 0.25) is 0 Å². The predicted octanol–water partition coefficient (Wildman–Crippen LogP) is 2.81. The van der Waals surface area contributed by atoms with Crippen LogP contribution in [0, 0.1) is 10.6 Å². The molecule has 1 heterocycles. The molecule has 2 atom stereocenters. The Morgan fingerprint density at radius 2 is 2.25 bits per heavy atom. The number of hydrogen-bond donors (Lipinski definition) is 3. The van der Waals surface area contributed by atoms with Crippen LogP contribution in [-0.4, -0.2) is 28.6 Å². The average molecular weight is 294 g/mol. The molecule has 1 aliphatic rings. The predicted molar refractivity (Wildman–Crippen MR) is 81.2 cm³/mol. The van der Waals surface area contributed by atoms with E-state index in [4.69, 9.17) is 12.2 Å². The van der Waals surface area contributed by atoms with E-state index in [1.807, 2.05) is 0 Å². The van der Waals surface area contributed by atoms with Crippen LogP contribution in [0.3, 0.4) is 0 Å². The number of aromatic nitrogens is 1. The molecule has 0 radical (unpaired) electrons. The van der Waals surface area contributed by atoms with Crippen molar-refractivity contribution in [2.45, 2.75) is 44.6 Å². The highest BCUT2D eigenvalue weighted by Gasteiger charge is 2.22. The first-order valence-electron chi connectivity index (χ1n) is 7.32. The van der Waals surface area contributed by atoms with Crippen molar-refractivity contribution >= 4 is 18.1 Å². The first-order chi connectivity index (χ1) is 9.68. The Bertz CT molecular complexity index is 501. The van der Waals surface area contributed by atoms with Gasteiger partial charge < -0.3 is 15.4 Å². The van der Waals surface area contributed by atoms with E-state index in [1.165, 1.54) is 6.42 Å². The highest BCUT2D eigenvalue weighted by molar-refractivity contribution is 7.71. The van der Waals surface area contributed by atoms with Gasteiger partial charge in [0, 0.05) is 12.7 Å². The molecule has 4 nitrogen and oxygen atoms in total. The summed E-state index contributed by atoms with van der Waals surface area (Å²) < 4.78 is 0.465. The minimum absolute atomic E-state index is 0.129. The van der Waals surface area contributed by atoms with Crippen molar-refractivity contribution in [3.63, 3.8) is 0 Å². The van der Waals surface area contributed by atoms with Crippen molar-refractivity contribution in [3.8, 4) is 0 Å². The minimum atomic E-state index is -0.151. The molecule has 1 amide bonds. The van der Waals surface area contributed by atoms with E-state index in [9.17, 15) is 9.90 Å². The molecule has 1 aromatic rings. The number of H-pyrrole nitrogens is 1. The largest absolute Gasteiger partial charge is 0.393 e. The lowest BCUT2D eigenvalue weighted by molar-refractivity contribution is 0.0641. The third-order valence-corrected chi connectivity index (χ3v) is 4.31. The summed E-state index contributed by atoms with van der Waals surface area (Å²) in [5, 5.41) is 12.8. The molecule has 1 fully saturated rings. The standard InChI is InChI=1S/C15H22N2O2S/c18-13-8-2-1-5-11(13)6-3-9-16-14(19)12-7-4-10-17-15(12)20/h4,7,10-11,13,18H,1-3,5-6,8-9H2,(H,16,19)(H,17,20)/t11-,13-/m0/s1. The van der Waals surface area contributed by atoms with Crippen molar-refractivity contribution < 1.29 is 9.90 Å². The zero-order valence-corrected chi connectivity index (χ0v) is 12.4. The van der Waals surface area contributed by atoms with Crippen LogP contribution >= 0.6 is 12.2 Å². The molecular weight excluding hydrogens is 272 g/mol.